The van der Waals surface area contributed by atoms with Crippen molar-refractivity contribution in [2.24, 2.45) is 0 Å². The van der Waals surface area contributed by atoms with E-state index < -0.39 is 0 Å². The maximum atomic E-state index is 12.2. The number of para-hydroxylation sites is 1. The molecule has 0 saturated carbocycles. The predicted molar refractivity (Wildman–Crippen MR) is 99.1 cm³/mol. The molecule has 124 valence electrons. The number of nitrogens with zero attached hydrogens (tertiary/aromatic N) is 1. The van der Waals surface area contributed by atoms with Gasteiger partial charge < -0.3 is 9.73 Å². The summed E-state index contributed by atoms with van der Waals surface area (Å²) in [5.74, 6) is -0.0732. The van der Waals surface area contributed by atoms with E-state index in [-0.39, 0.29) is 11.5 Å². The lowest BCUT2D eigenvalue weighted by molar-refractivity contribution is -0.116. The van der Waals surface area contributed by atoms with Gasteiger partial charge in [-0.2, -0.15) is 0 Å². The van der Waals surface area contributed by atoms with Gasteiger partial charge in [0.25, 0.3) is 0 Å². The van der Waals surface area contributed by atoms with Crippen molar-refractivity contribution in [2.75, 3.05) is 5.32 Å². The Hall–Kier alpha value is -2.99. The first kappa shape index (κ1) is 15.5. The molecule has 1 N–H and O–H groups in total. The van der Waals surface area contributed by atoms with Gasteiger partial charge in [0.15, 0.2) is 0 Å². The van der Waals surface area contributed by atoms with Gasteiger partial charge in [-0.15, -0.1) is 11.3 Å². The number of amides is 1. The molecule has 2 aromatic carbocycles. The summed E-state index contributed by atoms with van der Waals surface area (Å²) in [5, 5.41) is 4.59. The highest BCUT2D eigenvalue weighted by Crippen LogP contribution is 2.23. The molecule has 2 aromatic heterocycles. The molecular weight excluding hydrogens is 336 g/mol. The molecule has 0 aliphatic carbocycles. The first-order valence-electron chi connectivity index (χ1n) is 7.86. The van der Waals surface area contributed by atoms with Crippen molar-refractivity contribution in [3.8, 4) is 0 Å². The molecule has 0 unspecified atom stereocenters. The number of aromatic nitrogens is 1. The topological polar surface area (TPSA) is 72.2 Å². The van der Waals surface area contributed by atoms with Crippen LogP contribution < -0.4 is 10.9 Å². The van der Waals surface area contributed by atoms with Crippen LogP contribution in [0.2, 0.25) is 0 Å². The fraction of sp³-hybridized carbons (Fsp3) is 0.105. The Labute approximate surface area is 146 Å². The van der Waals surface area contributed by atoms with Gasteiger partial charge in [-0.3, -0.25) is 4.79 Å². The van der Waals surface area contributed by atoms with Gasteiger partial charge in [-0.1, -0.05) is 12.1 Å². The smallest absolute Gasteiger partial charge is 0.336 e. The van der Waals surface area contributed by atoms with E-state index in [1.54, 1.807) is 35.6 Å². The predicted octanol–water partition coefficient (Wildman–Crippen LogP) is 3.97. The number of carbonyl (C=O) groups is 1. The van der Waals surface area contributed by atoms with E-state index in [0.29, 0.717) is 24.1 Å². The van der Waals surface area contributed by atoms with Crippen LogP contribution in [0.4, 0.5) is 5.69 Å². The number of rotatable bonds is 4. The molecule has 0 saturated heterocycles. The van der Waals surface area contributed by atoms with Crippen molar-refractivity contribution < 1.29 is 9.21 Å². The summed E-state index contributed by atoms with van der Waals surface area (Å²) in [7, 11) is 0. The Kier molecular flexibility index (Phi) is 4.03. The number of anilines is 1. The number of carbonyl (C=O) groups excluding carboxylic acids is 1. The molecule has 0 fully saturated rings. The Morgan fingerprint density at radius 3 is 2.88 bits per heavy atom. The normalized spacial score (nSPS) is 11.0. The number of fused-ring (bicyclic) bond motifs is 2. The number of benzene rings is 2. The molecule has 1 amide bonds. The third-order valence-corrected chi connectivity index (χ3v) is 4.90. The third-order valence-electron chi connectivity index (χ3n) is 3.81. The summed E-state index contributed by atoms with van der Waals surface area (Å²) < 4.78 is 6.21. The van der Waals surface area contributed by atoms with Gasteiger partial charge >= 0.3 is 5.63 Å². The summed E-state index contributed by atoms with van der Waals surface area (Å²) in [6.45, 7) is 0. The summed E-state index contributed by atoms with van der Waals surface area (Å²) in [4.78, 5) is 27.9. The minimum absolute atomic E-state index is 0.0732. The van der Waals surface area contributed by atoms with Crippen LogP contribution in [-0.2, 0) is 11.2 Å². The number of hydrogen-bond acceptors (Lipinski definition) is 5. The number of aryl methyl sites for hydroxylation is 1. The summed E-state index contributed by atoms with van der Waals surface area (Å²) >= 11 is 1.62. The Morgan fingerprint density at radius 1 is 1.12 bits per heavy atom. The fourth-order valence-electron chi connectivity index (χ4n) is 2.62. The van der Waals surface area contributed by atoms with Crippen LogP contribution in [0.3, 0.4) is 0 Å². The molecule has 6 heteroatoms. The van der Waals surface area contributed by atoms with Crippen LogP contribution in [0.15, 0.2) is 63.8 Å². The zero-order valence-corrected chi connectivity index (χ0v) is 14.0. The fourth-order valence-corrected chi connectivity index (χ4v) is 3.59. The van der Waals surface area contributed by atoms with E-state index in [4.69, 9.17) is 4.42 Å². The average molecular weight is 350 g/mol. The molecule has 4 rings (SSSR count). The van der Waals surface area contributed by atoms with Crippen molar-refractivity contribution in [1.82, 2.24) is 4.98 Å². The molecule has 0 spiro atoms. The monoisotopic (exact) mass is 350 g/mol. The molecular formula is C19H14N2O3S. The van der Waals surface area contributed by atoms with Gasteiger partial charge in [0.05, 0.1) is 15.2 Å². The number of nitrogens with one attached hydrogen (secondary N) is 1. The van der Waals surface area contributed by atoms with E-state index in [1.165, 1.54) is 6.07 Å². The molecule has 25 heavy (non-hydrogen) atoms. The van der Waals surface area contributed by atoms with Crippen LogP contribution in [0.1, 0.15) is 11.4 Å². The van der Waals surface area contributed by atoms with Crippen molar-refractivity contribution in [1.29, 1.82) is 0 Å². The highest BCUT2D eigenvalue weighted by atomic mass is 32.1. The van der Waals surface area contributed by atoms with Crippen molar-refractivity contribution in [3.63, 3.8) is 0 Å². The number of hydrogen-bond donors (Lipinski definition) is 1. The highest BCUT2D eigenvalue weighted by Gasteiger charge is 2.08. The van der Waals surface area contributed by atoms with Gasteiger partial charge in [0.2, 0.25) is 5.91 Å². The first-order valence-corrected chi connectivity index (χ1v) is 8.67. The average Bonchev–Trinajstić information content (AvgIpc) is 3.03. The SMILES string of the molecule is O=C(CCc1nc2ccccc2s1)Nc1ccc2oc(=O)ccc2c1. The van der Waals surface area contributed by atoms with Crippen LogP contribution in [-0.4, -0.2) is 10.9 Å². The molecule has 0 radical (unpaired) electrons. The number of thiazole rings is 1. The lowest BCUT2D eigenvalue weighted by Gasteiger charge is -2.05. The van der Waals surface area contributed by atoms with E-state index >= 15 is 0 Å². The summed E-state index contributed by atoms with van der Waals surface area (Å²) in [6, 6.07) is 16.2. The molecule has 5 nitrogen and oxygen atoms in total. The van der Waals surface area contributed by atoms with E-state index in [9.17, 15) is 9.59 Å². The van der Waals surface area contributed by atoms with Gasteiger partial charge in [-0.05, 0) is 36.4 Å². The van der Waals surface area contributed by atoms with E-state index in [1.807, 2.05) is 24.3 Å². The molecule has 2 heterocycles. The third kappa shape index (κ3) is 3.44. The lowest BCUT2D eigenvalue weighted by Crippen LogP contribution is -2.12. The summed E-state index contributed by atoms with van der Waals surface area (Å²) in [6.07, 6.45) is 0.968. The van der Waals surface area contributed by atoms with E-state index in [2.05, 4.69) is 10.3 Å². The first-order chi connectivity index (χ1) is 12.2. The maximum Gasteiger partial charge on any atom is 0.336 e. The zero-order valence-electron chi connectivity index (χ0n) is 13.2. The lowest BCUT2D eigenvalue weighted by atomic mass is 10.2. The van der Waals surface area contributed by atoms with E-state index in [0.717, 1.165) is 20.6 Å². The van der Waals surface area contributed by atoms with Gasteiger partial charge in [0, 0.05) is 30.0 Å². The Morgan fingerprint density at radius 2 is 2.00 bits per heavy atom. The van der Waals surface area contributed by atoms with Crippen LogP contribution in [0, 0.1) is 0 Å². The van der Waals surface area contributed by atoms with Crippen LogP contribution >= 0.6 is 11.3 Å². The molecule has 0 atom stereocenters. The second-order valence-electron chi connectivity index (χ2n) is 5.63. The van der Waals surface area contributed by atoms with Gasteiger partial charge in [0.1, 0.15) is 5.58 Å². The highest BCUT2D eigenvalue weighted by molar-refractivity contribution is 7.18. The molecule has 4 aromatic rings. The standard InChI is InChI=1S/C19H14N2O3S/c22-17(8-9-18-21-14-3-1-2-4-16(14)25-18)20-13-6-7-15-12(11-13)5-10-19(23)24-15/h1-7,10-11H,8-9H2,(H,20,22). The van der Waals surface area contributed by atoms with Crippen molar-refractivity contribution >= 4 is 44.1 Å². The van der Waals surface area contributed by atoms with Crippen molar-refractivity contribution in [2.45, 2.75) is 12.8 Å². The second kappa shape index (κ2) is 6.49. The largest absolute Gasteiger partial charge is 0.423 e. The van der Waals surface area contributed by atoms with Crippen LogP contribution in [0.25, 0.3) is 21.2 Å². The minimum Gasteiger partial charge on any atom is -0.423 e. The second-order valence-corrected chi connectivity index (χ2v) is 6.75. The Balaban J connectivity index is 1.43. The summed E-state index contributed by atoms with van der Waals surface area (Å²) in [5.41, 5.74) is 1.76. The molecule has 0 aliphatic heterocycles. The van der Waals surface area contributed by atoms with Crippen LogP contribution in [0.5, 0.6) is 0 Å². The molecule has 0 aliphatic rings. The van der Waals surface area contributed by atoms with Gasteiger partial charge in [-0.25, -0.2) is 9.78 Å². The zero-order chi connectivity index (χ0) is 17.2. The maximum absolute atomic E-state index is 12.2. The van der Waals surface area contributed by atoms with Crippen molar-refractivity contribution in [3.05, 3.63) is 70.0 Å². The molecule has 0 bridgehead atoms. The quantitative estimate of drug-likeness (QED) is 0.565. The minimum atomic E-state index is -0.389. The Bertz CT molecular complexity index is 1100.